The number of rotatable bonds is 11. The summed E-state index contributed by atoms with van der Waals surface area (Å²) in [5, 5.41) is 0. The summed E-state index contributed by atoms with van der Waals surface area (Å²) in [5.74, 6) is 2.58. The topological polar surface area (TPSA) is 6.48 Å². The Balaban J connectivity index is 3.04. The maximum absolute atomic E-state index is 2.38. The Bertz CT molecular complexity index is 129. The van der Waals surface area contributed by atoms with Gasteiger partial charge in [0.25, 0.3) is 0 Å². The first-order chi connectivity index (χ1) is 7.70. The van der Waals surface area contributed by atoms with E-state index in [1.807, 2.05) is 21.6 Å². The van der Waals surface area contributed by atoms with E-state index < -0.39 is 0 Å². The summed E-state index contributed by atoms with van der Waals surface area (Å²) in [4.78, 5) is 4.75. The molecule has 0 N–H and O–H groups in total. The predicted octanol–water partition coefficient (Wildman–Crippen LogP) is 3.05. The molecular formula is C12H28N2S2. The minimum Gasteiger partial charge on any atom is -0.307 e. The Morgan fingerprint density at radius 3 is 1.44 bits per heavy atom. The van der Waals surface area contributed by atoms with Crippen molar-refractivity contribution in [3.05, 3.63) is 0 Å². The molecule has 0 fully saturated rings. The van der Waals surface area contributed by atoms with Gasteiger partial charge in [0.2, 0.25) is 0 Å². The van der Waals surface area contributed by atoms with Crippen molar-refractivity contribution in [3.8, 4) is 0 Å². The van der Waals surface area contributed by atoms with E-state index >= 15 is 0 Å². The Hall–Kier alpha value is 0.620. The van der Waals surface area contributed by atoms with Gasteiger partial charge in [-0.15, -0.1) is 0 Å². The molecule has 0 aromatic heterocycles. The van der Waals surface area contributed by atoms with Crippen LogP contribution < -0.4 is 0 Å². The molecule has 0 radical (unpaired) electrons. The first-order valence-electron chi connectivity index (χ1n) is 6.32. The van der Waals surface area contributed by atoms with Gasteiger partial charge in [-0.3, -0.25) is 0 Å². The first-order valence-corrected chi connectivity index (χ1v) is 8.81. The van der Waals surface area contributed by atoms with Crippen LogP contribution in [0.2, 0.25) is 0 Å². The van der Waals surface area contributed by atoms with Crippen LogP contribution in [0.5, 0.6) is 0 Å². The Morgan fingerprint density at radius 1 is 0.750 bits per heavy atom. The van der Waals surface area contributed by atoms with E-state index in [1.165, 1.54) is 50.5 Å². The monoisotopic (exact) mass is 264 g/mol. The second-order valence-electron chi connectivity index (χ2n) is 4.14. The van der Waals surface area contributed by atoms with Gasteiger partial charge in [0.1, 0.15) is 0 Å². The van der Waals surface area contributed by atoms with Gasteiger partial charge in [0.05, 0.1) is 0 Å². The summed E-state index contributed by atoms with van der Waals surface area (Å²) in [6, 6.07) is 0. The molecule has 0 spiro atoms. The second-order valence-corrected chi connectivity index (χ2v) is 6.84. The summed E-state index contributed by atoms with van der Waals surface area (Å²) in [5.41, 5.74) is 0. The molecule has 0 saturated carbocycles. The lowest BCUT2D eigenvalue weighted by Gasteiger charge is -2.13. The summed E-state index contributed by atoms with van der Waals surface area (Å²) in [7, 11) is 8.46. The zero-order valence-electron chi connectivity index (χ0n) is 11.4. The maximum atomic E-state index is 2.38. The highest BCUT2D eigenvalue weighted by Gasteiger charge is 1.97. The first kappa shape index (κ1) is 16.6. The van der Waals surface area contributed by atoms with Crippen molar-refractivity contribution in [1.82, 2.24) is 9.80 Å². The zero-order valence-corrected chi connectivity index (χ0v) is 13.0. The largest absolute Gasteiger partial charge is 0.307 e. The van der Waals surface area contributed by atoms with Crippen LogP contribution in [0.25, 0.3) is 0 Å². The molecule has 0 rings (SSSR count). The summed E-state index contributed by atoms with van der Waals surface area (Å²) >= 11 is 0. The van der Waals surface area contributed by atoms with E-state index in [2.05, 4.69) is 37.7 Å². The molecule has 0 aliphatic heterocycles. The average molecular weight is 265 g/mol. The standard InChI is InChI=1S/C12H28N2S2/c1-5-13(3)9-7-11-15-16-12-8-10-14(4)6-2/h5-12H2,1-4H3. The van der Waals surface area contributed by atoms with Gasteiger partial charge in [-0.25, -0.2) is 0 Å². The Kier molecular flexibility index (Phi) is 12.6. The predicted molar refractivity (Wildman–Crippen MR) is 80.5 cm³/mol. The van der Waals surface area contributed by atoms with Crippen LogP contribution in [0, 0.1) is 0 Å². The van der Waals surface area contributed by atoms with E-state index in [9.17, 15) is 0 Å². The van der Waals surface area contributed by atoms with Crippen molar-refractivity contribution in [2.75, 3.05) is 51.8 Å². The summed E-state index contributed by atoms with van der Waals surface area (Å²) in [6.07, 6.45) is 2.63. The summed E-state index contributed by atoms with van der Waals surface area (Å²) < 4.78 is 0. The Labute approximate surface area is 110 Å². The van der Waals surface area contributed by atoms with Crippen molar-refractivity contribution in [2.45, 2.75) is 26.7 Å². The summed E-state index contributed by atoms with van der Waals surface area (Å²) in [6.45, 7) is 9.24. The van der Waals surface area contributed by atoms with Crippen LogP contribution in [0.3, 0.4) is 0 Å². The molecule has 4 heteroatoms. The van der Waals surface area contributed by atoms with E-state index in [-0.39, 0.29) is 0 Å². The van der Waals surface area contributed by atoms with Crippen molar-refractivity contribution >= 4 is 21.6 Å². The van der Waals surface area contributed by atoms with Gasteiger partial charge in [0.15, 0.2) is 0 Å². The highest BCUT2D eigenvalue weighted by atomic mass is 33.1. The van der Waals surface area contributed by atoms with Crippen LogP contribution in [0.1, 0.15) is 26.7 Å². The van der Waals surface area contributed by atoms with Crippen LogP contribution in [-0.4, -0.2) is 61.6 Å². The van der Waals surface area contributed by atoms with E-state index in [0.717, 1.165) is 0 Å². The average Bonchev–Trinajstić information content (AvgIpc) is 2.31. The SMILES string of the molecule is CCN(C)CCCSSCCCN(C)CC. The van der Waals surface area contributed by atoms with Gasteiger partial charge in [-0.2, -0.15) is 0 Å². The maximum Gasteiger partial charge on any atom is 0.00491 e. The van der Waals surface area contributed by atoms with E-state index in [1.54, 1.807) is 0 Å². The van der Waals surface area contributed by atoms with E-state index in [4.69, 9.17) is 0 Å². The third-order valence-electron chi connectivity index (χ3n) is 2.70. The molecule has 2 nitrogen and oxygen atoms in total. The molecule has 0 amide bonds. The highest BCUT2D eigenvalue weighted by molar-refractivity contribution is 8.76. The highest BCUT2D eigenvalue weighted by Crippen LogP contribution is 2.22. The molecule has 0 aromatic carbocycles. The zero-order chi connectivity index (χ0) is 12.2. The van der Waals surface area contributed by atoms with Crippen molar-refractivity contribution < 1.29 is 0 Å². The minimum absolute atomic E-state index is 1.17. The minimum atomic E-state index is 1.17. The van der Waals surface area contributed by atoms with Gasteiger partial charge in [0, 0.05) is 11.5 Å². The molecule has 0 unspecified atom stereocenters. The van der Waals surface area contributed by atoms with Crippen LogP contribution >= 0.6 is 21.6 Å². The molecule has 0 saturated heterocycles. The third-order valence-corrected chi connectivity index (χ3v) is 5.28. The van der Waals surface area contributed by atoms with Gasteiger partial charge >= 0.3 is 0 Å². The normalized spacial score (nSPS) is 11.6. The second kappa shape index (κ2) is 12.1. The lowest BCUT2D eigenvalue weighted by Crippen LogP contribution is -2.19. The molecule has 16 heavy (non-hydrogen) atoms. The molecule has 0 atom stereocenters. The van der Waals surface area contributed by atoms with Crippen LogP contribution in [0.4, 0.5) is 0 Å². The number of nitrogens with zero attached hydrogens (tertiary/aromatic N) is 2. The van der Waals surface area contributed by atoms with Crippen LogP contribution in [-0.2, 0) is 0 Å². The van der Waals surface area contributed by atoms with Gasteiger partial charge in [-0.05, 0) is 53.1 Å². The van der Waals surface area contributed by atoms with Gasteiger partial charge < -0.3 is 9.80 Å². The van der Waals surface area contributed by atoms with Gasteiger partial charge in [-0.1, -0.05) is 35.4 Å². The van der Waals surface area contributed by atoms with Crippen molar-refractivity contribution in [2.24, 2.45) is 0 Å². The number of hydrogen-bond acceptors (Lipinski definition) is 4. The quantitative estimate of drug-likeness (QED) is 0.418. The third kappa shape index (κ3) is 11.1. The fourth-order valence-corrected chi connectivity index (χ4v) is 3.36. The van der Waals surface area contributed by atoms with Crippen LogP contribution in [0.15, 0.2) is 0 Å². The fourth-order valence-electron chi connectivity index (χ4n) is 1.22. The van der Waals surface area contributed by atoms with Crippen molar-refractivity contribution in [3.63, 3.8) is 0 Å². The lowest BCUT2D eigenvalue weighted by atomic mass is 10.4. The molecule has 0 heterocycles. The molecule has 0 aliphatic rings. The van der Waals surface area contributed by atoms with Crippen molar-refractivity contribution in [1.29, 1.82) is 0 Å². The molecule has 98 valence electrons. The molecular weight excluding hydrogens is 236 g/mol. The number of hydrogen-bond donors (Lipinski definition) is 0. The lowest BCUT2D eigenvalue weighted by molar-refractivity contribution is 0.354. The molecule has 0 aromatic rings. The fraction of sp³-hybridized carbons (Fsp3) is 1.00. The molecule has 0 bridgehead atoms. The Morgan fingerprint density at radius 2 is 1.12 bits per heavy atom. The molecule has 0 aliphatic carbocycles. The van der Waals surface area contributed by atoms with E-state index in [0.29, 0.717) is 0 Å². The smallest absolute Gasteiger partial charge is 0.00491 e.